The number of carbonyl (C=O) groups excluding carboxylic acids is 2. The third-order valence-corrected chi connectivity index (χ3v) is 7.78. The number of rotatable bonds is 4. The topological polar surface area (TPSA) is 55.4 Å². The van der Waals surface area contributed by atoms with Crippen LogP contribution in [0.3, 0.4) is 0 Å². The van der Waals surface area contributed by atoms with Crippen molar-refractivity contribution in [2.24, 2.45) is 5.92 Å². The lowest BCUT2D eigenvalue weighted by molar-refractivity contribution is 0.0526. The largest absolute Gasteiger partial charge is 0.462 e. The quantitative estimate of drug-likeness (QED) is 0.710. The van der Waals surface area contributed by atoms with Crippen molar-refractivity contribution in [3.63, 3.8) is 0 Å². The van der Waals surface area contributed by atoms with Crippen LogP contribution in [0.15, 0.2) is 5.38 Å². The van der Waals surface area contributed by atoms with Gasteiger partial charge in [-0.3, -0.25) is 4.79 Å². The van der Waals surface area contributed by atoms with Crippen molar-refractivity contribution in [2.75, 3.05) is 11.9 Å². The molecular weight excluding hydrogens is 378 g/mol. The summed E-state index contributed by atoms with van der Waals surface area (Å²) < 4.78 is 5.30. The average Bonchev–Trinajstić information content (AvgIpc) is 3.22. The molecule has 2 heterocycles. The number of aryl methyl sites for hydroxylation is 1. The van der Waals surface area contributed by atoms with Crippen molar-refractivity contribution in [3.8, 4) is 0 Å². The Labute approximate surface area is 167 Å². The number of hydrogen-bond donors (Lipinski definition) is 1. The van der Waals surface area contributed by atoms with Crippen LogP contribution in [0.2, 0.25) is 0 Å². The lowest BCUT2D eigenvalue weighted by Gasteiger charge is -2.18. The summed E-state index contributed by atoms with van der Waals surface area (Å²) in [6.07, 6.45) is 7.32. The summed E-state index contributed by atoms with van der Waals surface area (Å²) in [6, 6.07) is 0. The zero-order valence-corrected chi connectivity index (χ0v) is 17.5. The van der Waals surface area contributed by atoms with Crippen LogP contribution in [-0.2, 0) is 30.4 Å². The second-order valence-electron chi connectivity index (χ2n) is 7.49. The van der Waals surface area contributed by atoms with Gasteiger partial charge in [0.2, 0.25) is 0 Å². The highest BCUT2D eigenvalue weighted by molar-refractivity contribution is 7.17. The predicted molar refractivity (Wildman–Crippen MR) is 110 cm³/mol. The second kappa shape index (κ2) is 7.76. The maximum Gasteiger partial charge on any atom is 0.341 e. The highest BCUT2D eigenvalue weighted by Crippen LogP contribution is 2.40. The molecule has 0 fully saturated rings. The first-order valence-electron chi connectivity index (χ1n) is 9.80. The molecule has 0 bridgehead atoms. The number of fused-ring (bicyclic) bond motifs is 2. The van der Waals surface area contributed by atoms with E-state index in [1.807, 2.05) is 12.3 Å². The highest BCUT2D eigenvalue weighted by atomic mass is 32.1. The van der Waals surface area contributed by atoms with Gasteiger partial charge in [0, 0.05) is 15.1 Å². The van der Waals surface area contributed by atoms with Crippen LogP contribution in [0.1, 0.15) is 74.7 Å². The molecule has 2 aromatic heterocycles. The van der Waals surface area contributed by atoms with E-state index < -0.39 is 0 Å². The number of anilines is 1. The molecule has 2 aliphatic rings. The SMILES string of the molecule is CCOC(=O)c1c(NC(=O)c2csc3c2CCCC3)sc2c1CCC(C)C2. The van der Waals surface area contributed by atoms with Gasteiger partial charge in [-0.15, -0.1) is 22.7 Å². The number of esters is 1. The monoisotopic (exact) mass is 403 g/mol. The zero-order chi connectivity index (χ0) is 19.0. The van der Waals surface area contributed by atoms with Crippen molar-refractivity contribution in [1.29, 1.82) is 0 Å². The molecule has 4 rings (SSSR count). The lowest BCUT2D eigenvalue weighted by atomic mass is 9.88. The van der Waals surface area contributed by atoms with Crippen molar-refractivity contribution < 1.29 is 14.3 Å². The minimum absolute atomic E-state index is 0.0911. The van der Waals surface area contributed by atoms with Gasteiger partial charge in [-0.25, -0.2) is 4.79 Å². The van der Waals surface area contributed by atoms with Crippen molar-refractivity contribution >= 4 is 39.6 Å². The maximum atomic E-state index is 13.0. The molecule has 1 atom stereocenters. The number of amides is 1. The Morgan fingerprint density at radius 2 is 2.00 bits per heavy atom. The number of ether oxygens (including phenoxy) is 1. The van der Waals surface area contributed by atoms with Gasteiger partial charge in [0.1, 0.15) is 5.00 Å². The molecule has 1 unspecified atom stereocenters. The van der Waals surface area contributed by atoms with Gasteiger partial charge in [0.15, 0.2) is 0 Å². The minimum Gasteiger partial charge on any atom is -0.462 e. The molecule has 27 heavy (non-hydrogen) atoms. The van der Waals surface area contributed by atoms with Gasteiger partial charge in [-0.05, 0) is 68.9 Å². The third-order valence-electron chi connectivity index (χ3n) is 5.52. The summed E-state index contributed by atoms with van der Waals surface area (Å²) in [5.74, 6) is 0.206. The first-order valence-corrected chi connectivity index (χ1v) is 11.5. The summed E-state index contributed by atoms with van der Waals surface area (Å²) in [5.41, 5.74) is 3.65. The first kappa shape index (κ1) is 18.7. The molecular formula is C21H25NO3S2. The molecule has 1 amide bonds. The van der Waals surface area contributed by atoms with E-state index in [-0.39, 0.29) is 11.9 Å². The molecule has 0 radical (unpaired) electrons. The fourth-order valence-electron chi connectivity index (χ4n) is 4.11. The van der Waals surface area contributed by atoms with Crippen LogP contribution < -0.4 is 5.32 Å². The Bertz CT molecular complexity index is 880. The Morgan fingerprint density at radius 1 is 1.19 bits per heavy atom. The first-order chi connectivity index (χ1) is 13.1. The fraction of sp³-hybridized carbons (Fsp3) is 0.524. The normalized spacial score (nSPS) is 18.5. The molecule has 0 aliphatic heterocycles. The van der Waals surface area contributed by atoms with E-state index in [4.69, 9.17) is 4.74 Å². The molecule has 2 aromatic rings. The Morgan fingerprint density at radius 3 is 2.81 bits per heavy atom. The van der Waals surface area contributed by atoms with Crippen LogP contribution in [0.4, 0.5) is 5.00 Å². The highest BCUT2D eigenvalue weighted by Gasteiger charge is 2.30. The number of hydrogen-bond acceptors (Lipinski definition) is 5. The minimum atomic E-state index is -0.313. The van der Waals surface area contributed by atoms with E-state index in [9.17, 15) is 9.59 Å². The molecule has 0 aromatic carbocycles. The van der Waals surface area contributed by atoms with Gasteiger partial charge in [0.25, 0.3) is 5.91 Å². The van der Waals surface area contributed by atoms with E-state index in [1.54, 1.807) is 22.7 Å². The van der Waals surface area contributed by atoms with Crippen LogP contribution in [0.5, 0.6) is 0 Å². The van der Waals surface area contributed by atoms with Crippen molar-refractivity contribution in [1.82, 2.24) is 0 Å². The smallest absolute Gasteiger partial charge is 0.341 e. The van der Waals surface area contributed by atoms with E-state index >= 15 is 0 Å². The molecule has 0 saturated carbocycles. The van der Waals surface area contributed by atoms with Gasteiger partial charge >= 0.3 is 5.97 Å². The summed E-state index contributed by atoms with van der Waals surface area (Å²) in [4.78, 5) is 28.2. The van der Waals surface area contributed by atoms with E-state index in [2.05, 4.69) is 12.2 Å². The molecule has 0 saturated heterocycles. The number of thiophene rings is 2. The summed E-state index contributed by atoms with van der Waals surface area (Å²) in [5, 5.41) is 5.70. The van der Waals surface area contributed by atoms with Gasteiger partial charge < -0.3 is 10.1 Å². The van der Waals surface area contributed by atoms with Gasteiger partial charge in [0.05, 0.1) is 17.7 Å². The van der Waals surface area contributed by atoms with E-state index in [0.717, 1.165) is 49.7 Å². The zero-order valence-electron chi connectivity index (χ0n) is 15.9. The van der Waals surface area contributed by atoms with Gasteiger partial charge in [-0.1, -0.05) is 6.92 Å². The number of carbonyl (C=O) groups is 2. The molecule has 4 nitrogen and oxygen atoms in total. The summed E-state index contributed by atoms with van der Waals surface area (Å²) in [7, 11) is 0. The molecule has 6 heteroatoms. The van der Waals surface area contributed by atoms with Crippen LogP contribution in [0.25, 0.3) is 0 Å². The Balaban J connectivity index is 1.66. The van der Waals surface area contributed by atoms with E-state index in [0.29, 0.717) is 23.1 Å². The fourth-order valence-corrected chi connectivity index (χ4v) is 6.63. The van der Waals surface area contributed by atoms with Crippen molar-refractivity contribution in [2.45, 2.75) is 58.8 Å². The Kier molecular flexibility index (Phi) is 5.37. The molecule has 1 N–H and O–H groups in total. The van der Waals surface area contributed by atoms with E-state index in [1.165, 1.54) is 21.7 Å². The molecule has 0 spiro atoms. The van der Waals surface area contributed by atoms with Crippen LogP contribution in [0, 0.1) is 5.92 Å². The lowest BCUT2D eigenvalue weighted by Crippen LogP contribution is -2.17. The van der Waals surface area contributed by atoms with Crippen LogP contribution >= 0.6 is 22.7 Å². The second-order valence-corrected chi connectivity index (χ2v) is 9.56. The maximum absolute atomic E-state index is 13.0. The molecule has 2 aliphatic carbocycles. The number of nitrogens with one attached hydrogen (secondary N) is 1. The van der Waals surface area contributed by atoms with Gasteiger partial charge in [-0.2, -0.15) is 0 Å². The average molecular weight is 404 g/mol. The standard InChI is InChI=1S/C21H25NO3S2/c1-3-25-21(24)18-14-9-8-12(2)10-17(14)27-20(18)22-19(23)15-11-26-16-7-5-4-6-13(15)16/h11-12H,3-10H2,1-2H3,(H,22,23). The third kappa shape index (κ3) is 3.57. The summed E-state index contributed by atoms with van der Waals surface area (Å²) in [6.45, 7) is 4.39. The predicted octanol–water partition coefficient (Wildman–Crippen LogP) is 5.24. The van der Waals surface area contributed by atoms with Crippen molar-refractivity contribution in [3.05, 3.63) is 37.4 Å². The molecule has 144 valence electrons. The summed E-state index contributed by atoms with van der Waals surface area (Å²) >= 11 is 3.24. The van der Waals surface area contributed by atoms with Crippen LogP contribution in [-0.4, -0.2) is 18.5 Å². The Hall–Kier alpha value is -1.66.